The van der Waals surface area contributed by atoms with Crippen molar-refractivity contribution in [2.24, 2.45) is 0 Å². The number of carbonyl (C=O) groups is 2. The summed E-state index contributed by atoms with van der Waals surface area (Å²) in [6, 6.07) is 14.2. The van der Waals surface area contributed by atoms with Crippen LogP contribution in [-0.4, -0.2) is 43.8 Å². The fraction of sp³-hybridized carbons (Fsp3) is 0.304. The highest BCUT2D eigenvalue weighted by Gasteiger charge is 2.22. The van der Waals surface area contributed by atoms with Crippen molar-refractivity contribution in [1.82, 2.24) is 19.7 Å². The van der Waals surface area contributed by atoms with Gasteiger partial charge in [-0.25, -0.2) is 4.39 Å². The molecule has 1 aromatic heterocycles. The summed E-state index contributed by atoms with van der Waals surface area (Å²) < 4.78 is 15.6. The Morgan fingerprint density at radius 2 is 1.84 bits per heavy atom. The van der Waals surface area contributed by atoms with E-state index in [4.69, 9.17) is 0 Å². The third kappa shape index (κ3) is 4.99. The number of nitrogens with one attached hydrogen (secondary N) is 1. The molecule has 0 unspecified atom stereocenters. The lowest BCUT2D eigenvalue weighted by molar-refractivity contribution is -0.129. The van der Waals surface area contributed by atoms with E-state index in [-0.39, 0.29) is 29.7 Å². The number of para-hydroxylation sites is 1. The maximum Gasteiger partial charge on any atom is 0.233 e. The van der Waals surface area contributed by atoms with Crippen molar-refractivity contribution >= 4 is 29.3 Å². The second-order valence-electron chi connectivity index (χ2n) is 7.47. The van der Waals surface area contributed by atoms with E-state index < -0.39 is 5.82 Å². The second-order valence-corrected chi connectivity index (χ2v) is 8.41. The van der Waals surface area contributed by atoms with Gasteiger partial charge in [0.2, 0.25) is 11.8 Å². The molecule has 32 heavy (non-hydrogen) atoms. The molecule has 0 fully saturated rings. The minimum Gasteiger partial charge on any atom is -0.337 e. The maximum absolute atomic E-state index is 13.8. The van der Waals surface area contributed by atoms with Crippen LogP contribution < -0.4 is 5.32 Å². The largest absolute Gasteiger partial charge is 0.337 e. The molecule has 166 valence electrons. The van der Waals surface area contributed by atoms with Crippen LogP contribution in [0.25, 0.3) is 0 Å². The standard InChI is InChI=1S/C23H24FN5O2S/c1-2-29-20(13-21(30)25-19-10-6-5-9-18(19)24)26-27-23(29)32-15-22(31)28-12-11-16-7-3-4-8-17(16)14-28/h3-10H,2,11-15H2,1H3,(H,25,30). The van der Waals surface area contributed by atoms with Crippen molar-refractivity contribution in [3.8, 4) is 0 Å². The summed E-state index contributed by atoms with van der Waals surface area (Å²) in [5, 5.41) is 11.4. The van der Waals surface area contributed by atoms with Gasteiger partial charge in [0.05, 0.1) is 17.9 Å². The minimum atomic E-state index is -0.493. The van der Waals surface area contributed by atoms with Crippen LogP contribution in [0, 0.1) is 5.82 Å². The van der Waals surface area contributed by atoms with Gasteiger partial charge in [-0.1, -0.05) is 48.2 Å². The lowest BCUT2D eigenvalue weighted by Crippen LogP contribution is -2.37. The Kier molecular flexibility index (Phi) is 6.84. The SMILES string of the molecule is CCn1c(CC(=O)Nc2ccccc2F)nnc1SCC(=O)N1CCc2ccccc2C1. The zero-order valence-electron chi connectivity index (χ0n) is 17.8. The molecule has 2 amide bonds. The van der Waals surface area contributed by atoms with Crippen LogP contribution in [0.1, 0.15) is 23.9 Å². The number of carbonyl (C=O) groups excluding carboxylic acids is 2. The van der Waals surface area contributed by atoms with Crippen molar-refractivity contribution < 1.29 is 14.0 Å². The van der Waals surface area contributed by atoms with Crippen molar-refractivity contribution in [1.29, 1.82) is 0 Å². The third-order valence-electron chi connectivity index (χ3n) is 5.38. The third-order valence-corrected chi connectivity index (χ3v) is 6.34. The van der Waals surface area contributed by atoms with Crippen LogP contribution in [0.5, 0.6) is 0 Å². The number of rotatable bonds is 7. The highest BCUT2D eigenvalue weighted by atomic mass is 32.2. The molecule has 1 aliphatic heterocycles. The van der Waals surface area contributed by atoms with Gasteiger partial charge in [-0.3, -0.25) is 9.59 Å². The lowest BCUT2D eigenvalue weighted by atomic mass is 10.00. The Morgan fingerprint density at radius 3 is 2.62 bits per heavy atom. The molecule has 4 rings (SSSR count). The van der Waals surface area contributed by atoms with E-state index in [0.717, 1.165) is 6.42 Å². The predicted octanol–water partition coefficient (Wildman–Crippen LogP) is 3.30. The van der Waals surface area contributed by atoms with Gasteiger partial charge in [0.1, 0.15) is 11.6 Å². The van der Waals surface area contributed by atoms with Gasteiger partial charge in [0.25, 0.3) is 0 Å². The molecule has 0 saturated heterocycles. The number of benzene rings is 2. The van der Waals surface area contributed by atoms with Gasteiger partial charge >= 0.3 is 0 Å². The topological polar surface area (TPSA) is 80.1 Å². The van der Waals surface area contributed by atoms with Crippen molar-refractivity contribution in [3.63, 3.8) is 0 Å². The van der Waals surface area contributed by atoms with Crippen LogP contribution in [0.4, 0.5) is 10.1 Å². The van der Waals surface area contributed by atoms with E-state index in [9.17, 15) is 14.0 Å². The summed E-state index contributed by atoms with van der Waals surface area (Å²) in [5.74, 6) is -0.0938. The number of fused-ring (bicyclic) bond motifs is 1. The van der Waals surface area contributed by atoms with E-state index in [1.54, 1.807) is 12.1 Å². The number of halogens is 1. The molecular formula is C23H24FN5O2S. The summed E-state index contributed by atoms with van der Waals surface area (Å²) in [6.07, 6.45) is 0.825. The highest BCUT2D eigenvalue weighted by Crippen LogP contribution is 2.22. The predicted molar refractivity (Wildman–Crippen MR) is 121 cm³/mol. The number of hydrogen-bond acceptors (Lipinski definition) is 5. The van der Waals surface area contributed by atoms with Crippen molar-refractivity contribution in [2.75, 3.05) is 17.6 Å². The first-order chi connectivity index (χ1) is 15.5. The van der Waals surface area contributed by atoms with Crippen LogP contribution in [0.3, 0.4) is 0 Å². The summed E-state index contributed by atoms with van der Waals surface area (Å²) in [7, 11) is 0. The fourth-order valence-corrected chi connectivity index (χ4v) is 4.62. The number of aromatic nitrogens is 3. The number of amides is 2. The van der Waals surface area contributed by atoms with Crippen LogP contribution >= 0.6 is 11.8 Å². The number of thioether (sulfide) groups is 1. The number of anilines is 1. The molecule has 2 aromatic carbocycles. The number of hydrogen-bond donors (Lipinski definition) is 1. The highest BCUT2D eigenvalue weighted by molar-refractivity contribution is 7.99. The second kappa shape index (κ2) is 9.95. The quantitative estimate of drug-likeness (QED) is 0.556. The first-order valence-corrected chi connectivity index (χ1v) is 11.5. The molecule has 0 bridgehead atoms. The first-order valence-electron chi connectivity index (χ1n) is 10.5. The van der Waals surface area contributed by atoms with Gasteiger partial charge in [-0.05, 0) is 36.6 Å². The molecule has 1 N–H and O–H groups in total. The molecule has 9 heteroatoms. The van der Waals surface area contributed by atoms with E-state index in [1.165, 1.54) is 35.0 Å². The van der Waals surface area contributed by atoms with Crippen LogP contribution in [0.2, 0.25) is 0 Å². The zero-order valence-corrected chi connectivity index (χ0v) is 18.6. The first kappa shape index (κ1) is 22.0. The molecular weight excluding hydrogens is 429 g/mol. The van der Waals surface area contributed by atoms with E-state index in [1.807, 2.05) is 28.5 Å². The Morgan fingerprint density at radius 1 is 1.09 bits per heavy atom. The molecule has 1 aliphatic rings. The normalized spacial score (nSPS) is 13.0. The smallest absolute Gasteiger partial charge is 0.233 e. The summed E-state index contributed by atoms with van der Waals surface area (Å²) in [6.45, 7) is 3.81. The zero-order chi connectivity index (χ0) is 22.5. The number of nitrogens with zero attached hydrogens (tertiary/aromatic N) is 4. The molecule has 2 heterocycles. The fourth-order valence-electron chi connectivity index (χ4n) is 3.70. The lowest BCUT2D eigenvalue weighted by Gasteiger charge is -2.28. The average molecular weight is 454 g/mol. The molecule has 0 spiro atoms. The van der Waals surface area contributed by atoms with E-state index in [0.29, 0.717) is 30.6 Å². The van der Waals surface area contributed by atoms with Crippen LogP contribution in [-0.2, 0) is 35.5 Å². The Labute approximate surface area is 190 Å². The van der Waals surface area contributed by atoms with Gasteiger partial charge in [-0.2, -0.15) is 0 Å². The van der Waals surface area contributed by atoms with Crippen LogP contribution in [0.15, 0.2) is 53.7 Å². The molecule has 7 nitrogen and oxygen atoms in total. The summed E-state index contributed by atoms with van der Waals surface area (Å²) in [4.78, 5) is 27.0. The Bertz CT molecular complexity index is 1130. The molecule has 0 aliphatic carbocycles. The van der Waals surface area contributed by atoms with Gasteiger partial charge in [0.15, 0.2) is 5.16 Å². The van der Waals surface area contributed by atoms with Crippen molar-refractivity contribution in [2.45, 2.75) is 38.0 Å². The average Bonchev–Trinajstić information content (AvgIpc) is 3.19. The minimum absolute atomic E-state index is 0.0351. The molecule has 3 aromatic rings. The van der Waals surface area contributed by atoms with E-state index in [2.05, 4.69) is 27.6 Å². The van der Waals surface area contributed by atoms with Crippen molar-refractivity contribution in [3.05, 3.63) is 71.3 Å². The molecule has 0 atom stereocenters. The molecule has 0 saturated carbocycles. The Balaban J connectivity index is 1.35. The van der Waals surface area contributed by atoms with Gasteiger partial charge in [0, 0.05) is 19.6 Å². The van der Waals surface area contributed by atoms with E-state index >= 15 is 0 Å². The van der Waals surface area contributed by atoms with Gasteiger partial charge < -0.3 is 14.8 Å². The monoisotopic (exact) mass is 453 g/mol. The Hall–Kier alpha value is -3.20. The summed E-state index contributed by atoms with van der Waals surface area (Å²) >= 11 is 1.32. The maximum atomic E-state index is 13.8. The van der Waals surface area contributed by atoms with Gasteiger partial charge in [-0.15, -0.1) is 10.2 Å². The summed E-state index contributed by atoms with van der Waals surface area (Å²) in [5.41, 5.74) is 2.62. The molecule has 0 radical (unpaired) electrons.